The standard InChI is InChI=1S/C18H19N3O3S/c1-21-6-4-11(5-7-21)16(22)20-18-19-9-15(25-18)12-2-3-14-13(8-12)10-24-17(14)23/h2-3,8-9,11H,4-7,10H2,1H3,(H,19,20,22). The van der Waals surface area contributed by atoms with Gasteiger partial charge in [0, 0.05) is 17.7 Å². The molecule has 7 heteroatoms. The molecule has 1 N–H and O–H groups in total. The number of nitrogens with zero attached hydrogens (tertiary/aromatic N) is 2. The SMILES string of the molecule is CN1CCC(C(=O)Nc2ncc(-c3ccc4c(c3)COC4=O)s2)CC1. The minimum Gasteiger partial charge on any atom is -0.457 e. The van der Waals surface area contributed by atoms with Crippen LogP contribution in [0.25, 0.3) is 10.4 Å². The number of aromatic nitrogens is 1. The van der Waals surface area contributed by atoms with Gasteiger partial charge in [-0.25, -0.2) is 9.78 Å². The van der Waals surface area contributed by atoms with E-state index in [0.29, 0.717) is 17.3 Å². The van der Waals surface area contributed by atoms with Crippen LogP contribution >= 0.6 is 11.3 Å². The molecule has 1 fully saturated rings. The molecule has 3 heterocycles. The summed E-state index contributed by atoms with van der Waals surface area (Å²) in [7, 11) is 2.08. The maximum atomic E-state index is 12.4. The van der Waals surface area contributed by atoms with Crippen molar-refractivity contribution in [3.05, 3.63) is 35.5 Å². The van der Waals surface area contributed by atoms with Gasteiger partial charge in [0.15, 0.2) is 5.13 Å². The second-order valence-corrected chi connectivity index (χ2v) is 7.58. The Morgan fingerprint density at radius 2 is 2.16 bits per heavy atom. The Morgan fingerprint density at radius 3 is 2.96 bits per heavy atom. The second kappa shape index (κ2) is 6.57. The number of carbonyl (C=O) groups is 2. The van der Waals surface area contributed by atoms with Gasteiger partial charge in [0.25, 0.3) is 0 Å². The van der Waals surface area contributed by atoms with E-state index in [1.165, 1.54) is 11.3 Å². The highest BCUT2D eigenvalue weighted by atomic mass is 32.1. The minimum atomic E-state index is -0.267. The zero-order chi connectivity index (χ0) is 17.4. The van der Waals surface area contributed by atoms with E-state index in [9.17, 15) is 9.59 Å². The van der Waals surface area contributed by atoms with E-state index in [-0.39, 0.29) is 17.8 Å². The van der Waals surface area contributed by atoms with Gasteiger partial charge >= 0.3 is 5.97 Å². The Balaban J connectivity index is 1.45. The summed E-state index contributed by atoms with van der Waals surface area (Å²) in [5.74, 6) is -0.148. The van der Waals surface area contributed by atoms with E-state index >= 15 is 0 Å². The molecule has 2 aliphatic rings. The summed E-state index contributed by atoms with van der Waals surface area (Å²) in [6.07, 6.45) is 3.53. The van der Waals surface area contributed by atoms with Crippen LogP contribution in [0.15, 0.2) is 24.4 Å². The van der Waals surface area contributed by atoms with Gasteiger partial charge in [-0.15, -0.1) is 0 Å². The first-order valence-corrected chi connectivity index (χ1v) is 9.17. The summed E-state index contributed by atoms with van der Waals surface area (Å²) in [6, 6.07) is 5.63. The second-order valence-electron chi connectivity index (χ2n) is 6.54. The van der Waals surface area contributed by atoms with Gasteiger partial charge in [0.05, 0.1) is 10.4 Å². The molecule has 0 spiro atoms. The van der Waals surface area contributed by atoms with Crippen LogP contribution in [0.1, 0.15) is 28.8 Å². The lowest BCUT2D eigenvalue weighted by Crippen LogP contribution is -2.35. The van der Waals surface area contributed by atoms with Crippen molar-refractivity contribution < 1.29 is 14.3 Å². The van der Waals surface area contributed by atoms with E-state index in [1.54, 1.807) is 12.3 Å². The molecule has 0 unspecified atom stereocenters. The third-order valence-corrected chi connectivity index (χ3v) is 5.76. The molecule has 2 aliphatic heterocycles. The Hall–Kier alpha value is -2.25. The van der Waals surface area contributed by atoms with E-state index < -0.39 is 0 Å². The first-order chi connectivity index (χ1) is 12.1. The van der Waals surface area contributed by atoms with Gasteiger partial charge in [0.1, 0.15) is 6.61 Å². The molecule has 2 aromatic rings. The number of hydrogen-bond acceptors (Lipinski definition) is 6. The summed E-state index contributed by atoms with van der Waals surface area (Å²) in [5, 5.41) is 3.56. The van der Waals surface area contributed by atoms with Crippen LogP contribution in [0.2, 0.25) is 0 Å². The molecule has 4 rings (SSSR count). The highest BCUT2D eigenvalue weighted by Crippen LogP contribution is 2.32. The Kier molecular flexibility index (Phi) is 4.27. The Bertz CT molecular complexity index is 825. The van der Waals surface area contributed by atoms with Gasteiger partial charge in [-0.05, 0) is 50.7 Å². The highest BCUT2D eigenvalue weighted by Gasteiger charge is 2.24. The topological polar surface area (TPSA) is 71.5 Å². The largest absolute Gasteiger partial charge is 0.457 e. The van der Waals surface area contributed by atoms with Crippen molar-refractivity contribution in [2.24, 2.45) is 5.92 Å². The van der Waals surface area contributed by atoms with Crippen molar-refractivity contribution in [2.45, 2.75) is 19.4 Å². The van der Waals surface area contributed by atoms with Crippen molar-refractivity contribution in [2.75, 3.05) is 25.5 Å². The maximum absolute atomic E-state index is 12.4. The number of esters is 1. The molecule has 1 aromatic heterocycles. The van der Waals surface area contributed by atoms with E-state index in [4.69, 9.17) is 4.74 Å². The van der Waals surface area contributed by atoms with Crippen LogP contribution in [0.4, 0.5) is 5.13 Å². The molecule has 0 saturated carbocycles. The van der Waals surface area contributed by atoms with Crippen molar-refractivity contribution in [3.8, 4) is 10.4 Å². The Morgan fingerprint density at radius 1 is 1.36 bits per heavy atom. The number of carbonyl (C=O) groups excluding carboxylic acids is 2. The molecule has 1 aromatic carbocycles. The fourth-order valence-electron chi connectivity index (χ4n) is 3.23. The normalized spacial score (nSPS) is 18.0. The first-order valence-electron chi connectivity index (χ1n) is 8.36. The summed E-state index contributed by atoms with van der Waals surface area (Å²) < 4.78 is 5.04. The average Bonchev–Trinajstić information content (AvgIpc) is 3.22. The monoisotopic (exact) mass is 357 g/mol. The third-order valence-electron chi connectivity index (χ3n) is 4.79. The van der Waals surface area contributed by atoms with E-state index in [1.807, 2.05) is 12.1 Å². The van der Waals surface area contributed by atoms with Crippen molar-refractivity contribution in [1.82, 2.24) is 9.88 Å². The lowest BCUT2D eigenvalue weighted by Gasteiger charge is -2.27. The van der Waals surface area contributed by atoms with Crippen LogP contribution in [0, 0.1) is 5.92 Å². The Labute approximate surface area is 149 Å². The quantitative estimate of drug-likeness (QED) is 0.855. The van der Waals surface area contributed by atoms with Gasteiger partial charge in [-0.2, -0.15) is 0 Å². The van der Waals surface area contributed by atoms with Crippen molar-refractivity contribution in [3.63, 3.8) is 0 Å². The zero-order valence-corrected chi connectivity index (χ0v) is 14.8. The molecular formula is C18H19N3O3S. The minimum absolute atomic E-state index is 0.0574. The molecule has 1 saturated heterocycles. The molecule has 25 heavy (non-hydrogen) atoms. The zero-order valence-electron chi connectivity index (χ0n) is 13.9. The van der Waals surface area contributed by atoms with Gasteiger partial charge in [-0.3, -0.25) is 4.79 Å². The number of hydrogen-bond donors (Lipinski definition) is 1. The number of benzene rings is 1. The van der Waals surface area contributed by atoms with E-state index in [2.05, 4.69) is 22.2 Å². The molecule has 6 nitrogen and oxygen atoms in total. The smallest absolute Gasteiger partial charge is 0.338 e. The lowest BCUT2D eigenvalue weighted by molar-refractivity contribution is -0.121. The fraction of sp³-hybridized carbons (Fsp3) is 0.389. The van der Waals surface area contributed by atoms with Crippen molar-refractivity contribution in [1.29, 1.82) is 0 Å². The predicted octanol–water partition coefficient (Wildman–Crippen LogP) is 2.76. The van der Waals surface area contributed by atoms with Crippen LogP contribution in [-0.2, 0) is 16.1 Å². The number of cyclic esters (lactones) is 1. The maximum Gasteiger partial charge on any atom is 0.338 e. The summed E-state index contributed by atoms with van der Waals surface area (Å²) >= 11 is 1.45. The number of amides is 1. The van der Waals surface area contributed by atoms with E-state index in [0.717, 1.165) is 41.9 Å². The highest BCUT2D eigenvalue weighted by molar-refractivity contribution is 7.19. The summed E-state index contributed by atoms with van der Waals surface area (Å²) in [6.45, 7) is 2.23. The fourth-order valence-corrected chi connectivity index (χ4v) is 4.05. The van der Waals surface area contributed by atoms with Gasteiger partial charge < -0.3 is 15.0 Å². The number of thiazole rings is 1. The molecule has 0 bridgehead atoms. The number of fused-ring (bicyclic) bond motifs is 1. The van der Waals surface area contributed by atoms with Crippen LogP contribution in [0.3, 0.4) is 0 Å². The molecule has 0 radical (unpaired) electrons. The number of rotatable bonds is 3. The lowest BCUT2D eigenvalue weighted by atomic mass is 9.96. The third kappa shape index (κ3) is 3.29. The number of ether oxygens (including phenoxy) is 1. The predicted molar refractivity (Wildman–Crippen MR) is 95.5 cm³/mol. The van der Waals surface area contributed by atoms with Gasteiger partial charge in [0.2, 0.25) is 5.91 Å². The first kappa shape index (κ1) is 16.2. The van der Waals surface area contributed by atoms with Crippen LogP contribution < -0.4 is 5.32 Å². The van der Waals surface area contributed by atoms with Crippen LogP contribution in [0.5, 0.6) is 0 Å². The van der Waals surface area contributed by atoms with Crippen LogP contribution in [-0.4, -0.2) is 41.9 Å². The molecule has 0 atom stereocenters. The number of anilines is 1. The van der Waals surface area contributed by atoms with Crippen molar-refractivity contribution >= 4 is 28.3 Å². The molecule has 1 amide bonds. The number of piperidine rings is 1. The summed E-state index contributed by atoms with van der Waals surface area (Å²) in [4.78, 5) is 31.5. The molecule has 130 valence electrons. The molecule has 0 aliphatic carbocycles. The number of nitrogens with one attached hydrogen (secondary N) is 1. The summed E-state index contributed by atoms with van der Waals surface area (Å²) in [5.41, 5.74) is 2.51. The number of likely N-dealkylation sites (tertiary alicyclic amines) is 1. The molecular weight excluding hydrogens is 338 g/mol. The van der Waals surface area contributed by atoms with Gasteiger partial charge in [-0.1, -0.05) is 17.4 Å². The average molecular weight is 357 g/mol.